The summed E-state index contributed by atoms with van der Waals surface area (Å²) in [7, 11) is 1.34. The maximum Gasteiger partial charge on any atom is 0.316 e. The molecular formula is C12H18O3. The number of rotatable bonds is 3. The summed E-state index contributed by atoms with van der Waals surface area (Å²) < 4.78 is 4.68. The van der Waals surface area contributed by atoms with Crippen molar-refractivity contribution in [2.24, 2.45) is 17.8 Å². The molecule has 15 heavy (non-hydrogen) atoms. The van der Waals surface area contributed by atoms with E-state index in [9.17, 15) is 9.59 Å². The van der Waals surface area contributed by atoms with E-state index in [2.05, 4.69) is 4.74 Å². The molecule has 0 radical (unpaired) electrons. The second-order valence-corrected chi connectivity index (χ2v) is 4.05. The average Bonchev–Trinajstić information content (AvgIpc) is 2.59. The maximum absolute atomic E-state index is 11.6. The molecule has 1 aliphatic rings. The van der Waals surface area contributed by atoms with E-state index in [-0.39, 0.29) is 23.6 Å². The molecule has 0 saturated heterocycles. The van der Waals surface area contributed by atoms with Gasteiger partial charge in [0.2, 0.25) is 0 Å². The first-order valence-corrected chi connectivity index (χ1v) is 5.35. The van der Waals surface area contributed by atoms with E-state index in [1.54, 1.807) is 0 Å². The van der Waals surface area contributed by atoms with Crippen LogP contribution in [0.4, 0.5) is 0 Å². The van der Waals surface area contributed by atoms with Crippen LogP contribution in [0.3, 0.4) is 0 Å². The summed E-state index contributed by atoms with van der Waals surface area (Å²) in [6, 6.07) is 0. The van der Waals surface area contributed by atoms with Crippen LogP contribution in [0.5, 0.6) is 0 Å². The molecule has 84 valence electrons. The molecule has 0 bridgehead atoms. The summed E-state index contributed by atoms with van der Waals surface area (Å²) in [5.41, 5.74) is 0. The third kappa shape index (κ3) is 2.46. The van der Waals surface area contributed by atoms with Crippen molar-refractivity contribution in [3.05, 3.63) is 12.2 Å². The number of hydrogen-bond acceptors (Lipinski definition) is 3. The van der Waals surface area contributed by atoms with E-state index in [1.165, 1.54) is 7.11 Å². The molecule has 0 aromatic carbocycles. The van der Waals surface area contributed by atoms with E-state index < -0.39 is 5.92 Å². The van der Waals surface area contributed by atoms with Crippen LogP contribution in [-0.4, -0.2) is 18.9 Å². The number of carbonyl (C=O) groups excluding carboxylic acids is 2. The van der Waals surface area contributed by atoms with E-state index in [0.717, 1.165) is 6.42 Å². The second kappa shape index (κ2) is 5.10. The molecule has 3 heteroatoms. The number of carbonyl (C=O) groups is 2. The molecule has 0 heterocycles. The van der Waals surface area contributed by atoms with Gasteiger partial charge in [-0.2, -0.15) is 0 Å². The van der Waals surface area contributed by atoms with Crippen LogP contribution in [0.25, 0.3) is 0 Å². The number of allylic oxidation sites excluding steroid dienone is 2. The number of Topliss-reactive ketones (excluding diaryl/α,β-unsaturated/α-hetero) is 1. The zero-order valence-corrected chi connectivity index (χ0v) is 9.53. The van der Waals surface area contributed by atoms with Gasteiger partial charge in [-0.3, -0.25) is 9.59 Å². The van der Waals surface area contributed by atoms with Gasteiger partial charge in [-0.05, 0) is 25.2 Å². The lowest BCUT2D eigenvalue weighted by atomic mass is 9.84. The maximum atomic E-state index is 11.6. The van der Waals surface area contributed by atoms with Crippen LogP contribution in [0.15, 0.2) is 12.2 Å². The summed E-state index contributed by atoms with van der Waals surface area (Å²) in [6.45, 7) is 3.99. The van der Waals surface area contributed by atoms with Gasteiger partial charge < -0.3 is 4.74 Å². The Bertz CT molecular complexity index is 281. The molecule has 1 aliphatic carbocycles. The molecule has 3 atom stereocenters. The smallest absolute Gasteiger partial charge is 0.316 e. The van der Waals surface area contributed by atoms with Crippen molar-refractivity contribution >= 4 is 11.8 Å². The van der Waals surface area contributed by atoms with Gasteiger partial charge in [0.05, 0.1) is 7.11 Å². The summed E-state index contributed by atoms with van der Waals surface area (Å²) in [5.74, 6) is -0.519. The molecule has 0 amide bonds. The molecule has 3 nitrogen and oxygen atoms in total. The molecular weight excluding hydrogens is 192 g/mol. The average molecular weight is 210 g/mol. The SMILES string of the molecule is C/C=C/[C@H](C)[C@@H]1CCC(=O)[C@H]1C(=O)OC. The van der Waals surface area contributed by atoms with Gasteiger partial charge in [0, 0.05) is 6.42 Å². The van der Waals surface area contributed by atoms with Gasteiger partial charge >= 0.3 is 5.97 Å². The molecule has 1 saturated carbocycles. The fourth-order valence-electron chi connectivity index (χ4n) is 2.32. The Hall–Kier alpha value is -1.12. The number of ketones is 1. The fraction of sp³-hybridized carbons (Fsp3) is 0.667. The highest BCUT2D eigenvalue weighted by molar-refractivity contribution is 6.00. The molecule has 1 rings (SSSR count). The van der Waals surface area contributed by atoms with Crippen molar-refractivity contribution in [2.75, 3.05) is 7.11 Å². The molecule has 0 spiro atoms. The quantitative estimate of drug-likeness (QED) is 0.406. The summed E-state index contributed by atoms with van der Waals surface area (Å²) >= 11 is 0. The van der Waals surface area contributed by atoms with E-state index in [4.69, 9.17) is 0 Å². The molecule has 0 N–H and O–H groups in total. The number of methoxy groups -OCH3 is 1. The highest BCUT2D eigenvalue weighted by Crippen LogP contribution is 2.35. The van der Waals surface area contributed by atoms with Gasteiger partial charge in [0.1, 0.15) is 11.7 Å². The first-order valence-electron chi connectivity index (χ1n) is 5.35. The van der Waals surface area contributed by atoms with Gasteiger partial charge in [-0.15, -0.1) is 0 Å². The van der Waals surface area contributed by atoms with Crippen LogP contribution in [0.2, 0.25) is 0 Å². The van der Waals surface area contributed by atoms with Crippen LogP contribution < -0.4 is 0 Å². The Labute approximate surface area is 90.5 Å². The predicted molar refractivity (Wildman–Crippen MR) is 57.2 cm³/mol. The highest BCUT2D eigenvalue weighted by Gasteiger charge is 2.42. The summed E-state index contributed by atoms with van der Waals surface area (Å²) in [4.78, 5) is 23.0. The van der Waals surface area contributed by atoms with Crippen LogP contribution in [0, 0.1) is 17.8 Å². The third-order valence-electron chi connectivity index (χ3n) is 3.13. The van der Waals surface area contributed by atoms with Crippen LogP contribution in [-0.2, 0) is 14.3 Å². The van der Waals surface area contributed by atoms with Gasteiger partial charge in [-0.1, -0.05) is 19.1 Å². The van der Waals surface area contributed by atoms with Crippen molar-refractivity contribution in [2.45, 2.75) is 26.7 Å². The molecule has 0 aliphatic heterocycles. The van der Waals surface area contributed by atoms with Gasteiger partial charge in [0.15, 0.2) is 0 Å². The molecule has 0 unspecified atom stereocenters. The first-order chi connectivity index (χ1) is 7.11. The first kappa shape index (κ1) is 12.0. The normalized spacial score (nSPS) is 28.3. The lowest BCUT2D eigenvalue weighted by Gasteiger charge is -2.20. The van der Waals surface area contributed by atoms with Crippen LogP contribution in [0.1, 0.15) is 26.7 Å². The lowest BCUT2D eigenvalue weighted by molar-refractivity contribution is -0.150. The van der Waals surface area contributed by atoms with Crippen molar-refractivity contribution in [3.8, 4) is 0 Å². The summed E-state index contributed by atoms with van der Waals surface area (Å²) in [5, 5.41) is 0. The predicted octanol–water partition coefficient (Wildman–Crippen LogP) is 1.97. The Morgan fingerprint density at radius 3 is 2.80 bits per heavy atom. The Balaban J connectivity index is 2.80. The molecule has 1 fully saturated rings. The topological polar surface area (TPSA) is 43.4 Å². The minimum Gasteiger partial charge on any atom is -0.468 e. The monoisotopic (exact) mass is 210 g/mol. The third-order valence-corrected chi connectivity index (χ3v) is 3.13. The number of esters is 1. The Kier molecular flexibility index (Phi) is 4.06. The second-order valence-electron chi connectivity index (χ2n) is 4.05. The molecule has 0 aromatic heterocycles. The van der Waals surface area contributed by atoms with Crippen molar-refractivity contribution in [3.63, 3.8) is 0 Å². The zero-order chi connectivity index (χ0) is 11.4. The van der Waals surface area contributed by atoms with E-state index in [0.29, 0.717) is 6.42 Å². The number of ether oxygens (including phenoxy) is 1. The minimum absolute atomic E-state index is 0.0307. The lowest BCUT2D eigenvalue weighted by Crippen LogP contribution is -2.29. The van der Waals surface area contributed by atoms with Crippen LogP contribution >= 0.6 is 0 Å². The minimum atomic E-state index is -0.541. The summed E-state index contributed by atoms with van der Waals surface area (Å²) in [6.07, 6.45) is 5.30. The highest BCUT2D eigenvalue weighted by atomic mass is 16.5. The molecule has 0 aromatic rings. The fourth-order valence-corrected chi connectivity index (χ4v) is 2.32. The van der Waals surface area contributed by atoms with Gasteiger partial charge in [-0.25, -0.2) is 0 Å². The van der Waals surface area contributed by atoms with Crippen molar-refractivity contribution in [1.82, 2.24) is 0 Å². The van der Waals surface area contributed by atoms with Crippen molar-refractivity contribution < 1.29 is 14.3 Å². The van der Waals surface area contributed by atoms with Gasteiger partial charge in [0.25, 0.3) is 0 Å². The largest absolute Gasteiger partial charge is 0.468 e. The zero-order valence-electron chi connectivity index (χ0n) is 9.53. The van der Waals surface area contributed by atoms with E-state index in [1.807, 2.05) is 26.0 Å². The number of hydrogen-bond donors (Lipinski definition) is 0. The standard InChI is InChI=1S/C12H18O3/c1-4-5-8(2)9-6-7-10(13)11(9)12(14)15-3/h4-5,8-9,11H,6-7H2,1-3H3/b5-4+/t8-,9-,11-/m0/s1. The Morgan fingerprint density at radius 1 is 1.60 bits per heavy atom. The van der Waals surface area contributed by atoms with E-state index >= 15 is 0 Å². The Morgan fingerprint density at radius 2 is 2.27 bits per heavy atom. The van der Waals surface area contributed by atoms with Crippen molar-refractivity contribution in [1.29, 1.82) is 0 Å².